The van der Waals surface area contributed by atoms with Crippen molar-refractivity contribution in [1.82, 2.24) is 15.0 Å². The minimum Gasteiger partial charge on any atom is -0.467 e. The maximum absolute atomic E-state index is 12.2. The Balaban J connectivity index is 1.44. The molecule has 11 nitrogen and oxygen atoms in total. The number of nitrogens with two attached hydrogens (primary N) is 1. The molecule has 0 radical (unpaired) electrons. The fraction of sp³-hybridized carbons (Fsp3) is 0.150. The van der Waals surface area contributed by atoms with Crippen molar-refractivity contribution in [2.24, 2.45) is 5.73 Å². The molecule has 31 heavy (non-hydrogen) atoms. The van der Waals surface area contributed by atoms with E-state index in [1.54, 1.807) is 0 Å². The summed E-state index contributed by atoms with van der Waals surface area (Å²) in [5.41, 5.74) is 6.94. The quantitative estimate of drug-likeness (QED) is 0.435. The van der Waals surface area contributed by atoms with Gasteiger partial charge in [-0.1, -0.05) is 30.3 Å². The number of rotatable bonds is 7. The number of nitrogens with zero attached hydrogens (tertiary/aromatic N) is 3. The molecule has 1 aromatic carbocycles. The van der Waals surface area contributed by atoms with Gasteiger partial charge in [0, 0.05) is 0 Å². The number of benzene rings is 1. The van der Waals surface area contributed by atoms with Crippen LogP contribution in [0.25, 0.3) is 23.2 Å². The van der Waals surface area contributed by atoms with Gasteiger partial charge in [-0.2, -0.15) is 0 Å². The number of hydrogen-bond acceptors (Lipinski definition) is 11. The monoisotopic (exact) mass is 424 g/mol. The zero-order valence-electron chi connectivity index (χ0n) is 16.2. The minimum atomic E-state index is -1.18. The number of aromatic nitrogens is 3. The van der Waals surface area contributed by atoms with Crippen LogP contribution in [0.4, 0.5) is 0 Å². The molecule has 1 atom stereocenters. The van der Waals surface area contributed by atoms with Gasteiger partial charge in [-0.3, -0.25) is 0 Å². The average molecular weight is 424 g/mol. The highest BCUT2D eigenvalue weighted by molar-refractivity contribution is 5.87. The average Bonchev–Trinajstić information content (AvgIpc) is 3.56. The van der Waals surface area contributed by atoms with Crippen LogP contribution in [0.1, 0.15) is 28.0 Å². The molecule has 0 aliphatic carbocycles. The highest BCUT2D eigenvalue weighted by Gasteiger charge is 2.24. The van der Waals surface area contributed by atoms with Crippen LogP contribution in [0.3, 0.4) is 0 Å². The summed E-state index contributed by atoms with van der Waals surface area (Å²) in [7, 11) is 1.20. The first-order chi connectivity index (χ1) is 15.0. The Morgan fingerprint density at radius 3 is 2.42 bits per heavy atom. The van der Waals surface area contributed by atoms with Crippen molar-refractivity contribution >= 4 is 11.9 Å². The molecule has 4 aromatic rings. The topological polar surface area (TPSA) is 157 Å². The Labute approximate surface area is 174 Å². The van der Waals surface area contributed by atoms with Gasteiger partial charge in [-0.15, -0.1) is 0 Å². The van der Waals surface area contributed by atoms with Crippen molar-refractivity contribution in [3.8, 4) is 23.2 Å². The van der Waals surface area contributed by atoms with E-state index in [4.69, 9.17) is 23.7 Å². The fourth-order valence-corrected chi connectivity index (χ4v) is 2.53. The minimum absolute atomic E-state index is 0.0109. The van der Waals surface area contributed by atoms with E-state index in [0.717, 1.165) is 5.56 Å². The van der Waals surface area contributed by atoms with Crippen LogP contribution < -0.4 is 5.73 Å². The molecule has 0 saturated heterocycles. The van der Waals surface area contributed by atoms with Crippen LogP contribution in [-0.4, -0.2) is 34.0 Å². The van der Waals surface area contributed by atoms with Crippen molar-refractivity contribution in [3.63, 3.8) is 0 Å². The van der Waals surface area contributed by atoms with E-state index in [1.165, 1.54) is 25.9 Å². The molecule has 0 fully saturated rings. The van der Waals surface area contributed by atoms with Gasteiger partial charge in [-0.25, -0.2) is 24.5 Å². The molecule has 3 aromatic heterocycles. The molecule has 0 spiro atoms. The van der Waals surface area contributed by atoms with Crippen molar-refractivity contribution in [2.45, 2.75) is 12.6 Å². The molecule has 0 bridgehead atoms. The molecule has 0 saturated carbocycles. The SMILES string of the molecule is COC(=O)C(N)c1nc(-c2nc(-c3nc(C(=O)OCc4ccccc4)co3)co2)co1. The van der Waals surface area contributed by atoms with E-state index in [-0.39, 0.29) is 41.4 Å². The zero-order valence-corrected chi connectivity index (χ0v) is 16.2. The van der Waals surface area contributed by atoms with E-state index >= 15 is 0 Å². The number of hydrogen-bond donors (Lipinski definition) is 1. The van der Waals surface area contributed by atoms with E-state index in [9.17, 15) is 9.59 Å². The van der Waals surface area contributed by atoms with E-state index in [1.807, 2.05) is 30.3 Å². The second-order valence-electron chi connectivity index (χ2n) is 6.21. The Hall–Kier alpha value is -4.25. The van der Waals surface area contributed by atoms with Gasteiger partial charge in [0.05, 0.1) is 7.11 Å². The molecule has 2 N–H and O–H groups in total. The summed E-state index contributed by atoms with van der Waals surface area (Å²) in [5, 5.41) is 0. The lowest BCUT2D eigenvalue weighted by molar-refractivity contribution is -0.142. The van der Waals surface area contributed by atoms with Gasteiger partial charge < -0.3 is 28.5 Å². The van der Waals surface area contributed by atoms with E-state index < -0.39 is 18.0 Å². The maximum Gasteiger partial charge on any atom is 0.360 e. The predicted molar refractivity (Wildman–Crippen MR) is 102 cm³/mol. The van der Waals surface area contributed by atoms with Crippen molar-refractivity contribution in [2.75, 3.05) is 7.11 Å². The second-order valence-corrected chi connectivity index (χ2v) is 6.21. The molecule has 0 amide bonds. The van der Waals surface area contributed by atoms with Crippen LogP contribution in [0.2, 0.25) is 0 Å². The molecule has 3 heterocycles. The normalized spacial score (nSPS) is 11.8. The van der Waals surface area contributed by atoms with Gasteiger partial charge >= 0.3 is 11.9 Å². The van der Waals surface area contributed by atoms with Crippen LogP contribution in [0.15, 0.2) is 62.4 Å². The lowest BCUT2D eigenvalue weighted by Crippen LogP contribution is -2.22. The standard InChI is InChI=1S/C20H16N4O7/c1-27-20(26)15(21)18-23-13(9-30-18)16-22-12(8-28-16)17-24-14(10-29-17)19(25)31-7-11-5-3-2-4-6-11/h2-6,8-10,15H,7,21H2,1H3. The number of oxazole rings is 3. The zero-order chi connectivity index (χ0) is 21.8. The third kappa shape index (κ3) is 4.36. The highest BCUT2D eigenvalue weighted by Crippen LogP contribution is 2.25. The Morgan fingerprint density at radius 2 is 1.65 bits per heavy atom. The second kappa shape index (κ2) is 8.63. The summed E-state index contributed by atoms with van der Waals surface area (Å²) in [6.45, 7) is 0.109. The first-order valence-electron chi connectivity index (χ1n) is 8.97. The van der Waals surface area contributed by atoms with Gasteiger partial charge in [-0.05, 0) is 5.56 Å². The maximum atomic E-state index is 12.2. The van der Waals surface area contributed by atoms with Crippen LogP contribution in [-0.2, 0) is 20.9 Å². The molecule has 0 aliphatic heterocycles. The summed E-state index contributed by atoms with van der Waals surface area (Å²) in [4.78, 5) is 36.0. The third-order valence-corrected chi connectivity index (χ3v) is 4.11. The lowest BCUT2D eigenvalue weighted by atomic mass is 10.2. The number of ether oxygens (including phenoxy) is 2. The molecule has 1 unspecified atom stereocenters. The number of carbonyl (C=O) groups is 2. The summed E-state index contributed by atoms with van der Waals surface area (Å²) < 4.78 is 25.6. The third-order valence-electron chi connectivity index (χ3n) is 4.11. The van der Waals surface area contributed by atoms with Crippen LogP contribution in [0.5, 0.6) is 0 Å². The Morgan fingerprint density at radius 1 is 0.968 bits per heavy atom. The summed E-state index contributed by atoms with van der Waals surface area (Å²) in [5.74, 6) is -1.26. The number of carbonyl (C=O) groups excluding carboxylic acids is 2. The first kappa shape index (κ1) is 20.0. The fourth-order valence-electron chi connectivity index (χ4n) is 2.53. The molecule has 11 heteroatoms. The number of methoxy groups -OCH3 is 1. The molecule has 0 aliphatic rings. The van der Waals surface area contributed by atoms with Crippen molar-refractivity contribution in [3.05, 3.63) is 66.3 Å². The molecular weight excluding hydrogens is 408 g/mol. The van der Waals surface area contributed by atoms with Gasteiger partial charge in [0.25, 0.3) is 0 Å². The van der Waals surface area contributed by atoms with Gasteiger partial charge in [0.15, 0.2) is 23.1 Å². The smallest absolute Gasteiger partial charge is 0.360 e. The molecule has 4 rings (SSSR count). The van der Waals surface area contributed by atoms with Gasteiger partial charge in [0.2, 0.25) is 17.7 Å². The summed E-state index contributed by atoms with van der Waals surface area (Å²) >= 11 is 0. The highest BCUT2D eigenvalue weighted by atomic mass is 16.5. The predicted octanol–water partition coefficient (Wildman–Crippen LogP) is 2.51. The van der Waals surface area contributed by atoms with E-state index in [0.29, 0.717) is 0 Å². The first-order valence-corrected chi connectivity index (χ1v) is 8.97. The van der Waals surface area contributed by atoms with Crippen LogP contribution in [0, 0.1) is 0 Å². The summed E-state index contributed by atoms with van der Waals surface area (Å²) in [6, 6.07) is 8.07. The molecule has 158 valence electrons. The Bertz CT molecular complexity index is 1200. The Kier molecular flexibility index (Phi) is 5.58. The molecular formula is C20H16N4O7. The van der Waals surface area contributed by atoms with Gasteiger partial charge in [0.1, 0.15) is 25.4 Å². The largest absolute Gasteiger partial charge is 0.467 e. The summed E-state index contributed by atoms with van der Waals surface area (Å²) in [6.07, 6.45) is 3.67. The van der Waals surface area contributed by atoms with Crippen molar-refractivity contribution < 1.29 is 32.3 Å². The van der Waals surface area contributed by atoms with Crippen molar-refractivity contribution in [1.29, 1.82) is 0 Å². The van der Waals surface area contributed by atoms with E-state index in [2.05, 4.69) is 19.7 Å². The number of esters is 2. The lowest BCUT2D eigenvalue weighted by Gasteiger charge is -2.03. The van der Waals surface area contributed by atoms with Crippen LogP contribution >= 0.6 is 0 Å².